The van der Waals surface area contributed by atoms with Crippen LogP contribution in [0.1, 0.15) is 11.1 Å². The van der Waals surface area contributed by atoms with E-state index in [1.165, 1.54) is 0 Å². The van der Waals surface area contributed by atoms with E-state index >= 15 is 0 Å². The number of rotatable bonds is 5. The van der Waals surface area contributed by atoms with Crippen LogP contribution in [0.5, 0.6) is 5.75 Å². The molecule has 5 heteroatoms. The van der Waals surface area contributed by atoms with Gasteiger partial charge < -0.3 is 10.1 Å². The highest BCUT2D eigenvalue weighted by atomic mass is 35.5. The van der Waals surface area contributed by atoms with Crippen LogP contribution >= 0.6 is 11.6 Å². The number of carbonyl (C=O) groups excluding carboxylic acids is 1. The minimum atomic E-state index is -0.249. The third kappa shape index (κ3) is 4.51. The molecule has 0 bridgehead atoms. The van der Waals surface area contributed by atoms with Gasteiger partial charge in [0.05, 0.1) is 12.5 Å². The topological polar surface area (TPSA) is 62.1 Å². The Balaban J connectivity index is 1.87. The summed E-state index contributed by atoms with van der Waals surface area (Å²) in [7, 11) is 0. The number of hydrogen-bond acceptors (Lipinski definition) is 3. The highest BCUT2D eigenvalue weighted by Gasteiger charge is 2.05. The van der Waals surface area contributed by atoms with Crippen LogP contribution in [0, 0.1) is 18.3 Å². The van der Waals surface area contributed by atoms with Crippen molar-refractivity contribution in [2.45, 2.75) is 13.3 Å². The number of hydrogen-bond donors (Lipinski definition) is 1. The van der Waals surface area contributed by atoms with E-state index < -0.39 is 0 Å². The molecule has 2 aromatic carbocycles. The van der Waals surface area contributed by atoms with Crippen LogP contribution in [0.25, 0.3) is 0 Å². The fourth-order valence-electron chi connectivity index (χ4n) is 1.85. The van der Waals surface area contributed by atoms with Gasteiger partial charge in [0, 0.05) is 10.7 Å². The second-order valence-electron chi connectivity index (χ2n) is 4.78. The van der Waals surface area contributed by atoms with Crippen LogP contribution in [-0.2, 0) is 11.2 Å². The van der Waals surface area contributed by atoms with Crippen LogP contribution in [0.3, 0.4) is 0 Å². The number of nitrogens with one attached hydrogen (secondary N) is 1. The van der Waals surface area contributed by atoms with Gasteiger partial charge in [-0.2, -0.15) is 5.26 Å². The maximum absolute atomic E-state index is 11.8. The summed E-state index contributed by atoms with van der Waals surface area (Å²) in [6.07, 6.45) is 0.354. The Morgan fingerprint density at radius 1 is 1.27 bits per heavy atom. The molecule has 4 nitrogen and oxygen atoms in total. The molecule has 0 spiro atoms. The van der Waals surface area contributed by atoms with Gasteiger partial charge in [-0.25, -0.2) is 0 Å². The molecular formula is C17H15ClN2O2. The van der Waals surface area contributed by atoms with Gasteiger partial charge in [-0.05, 0) is 48.4 Å². The molecule has 0 saturated heterocycles. The van der Waals surface area contributed by atoms with Crippen molar-refractivity contribution in [3.05, 3.63) is 58.6 Å². The second kappa shape index (κ2) is 7.48. The predicted octanol–water partition coefficient (Wildman–Crippen LogP) is 3.73. The van der Waals surface area contributed by atoms with Crippen molar-refractivity contribution in [3.8, 4) is 11.8 Å². The monoisotopic (exact) mass is 314 g/mol. The van der Waals surface area contributed by atoms with Gasteiger partial charge in [-0.3, -0.25) is 4.79 Å². The van der Waals surface area contributed by atoms with Crippen molar-refractivity contribution in [1.82, 2.24) is 0 Å². The summed E-state index contributed by atoms with van der Waals surface area (Å²) in [6.45, 7) is 1.79. The largest absolute Gasteiger partial charge is 0.484 e. The van der Waals surface area contributed by atoms with Crippen molar-refractivity contribution >= 4 is 23.2 Å². The lowest BCUT2D eigenvalue weighted by atomic mass is 10.1. The zero-order valence-corrected chi connectivity index (χ0v) is 12.9. The Morgan fingerprint density at radius 2 is 2.00 bits per heavy atom. The predicted molar refractivity (Wildman–Crippen MR) is 86.1 cm³/mol. The van der Waals surface area contributed by atoms with E-state index in [0.717, 1.165) is 11.1 Å². The Morgan fingerprint density at radius 3 is 2.64 bits per heavy atom. The molecule has 2 rings (SSSR count). The van der Waals surface area contributed by atoms with Crippen molar-refractivity contribution < 1.29 is 9.53 Å². The average Bonchev–Trinajstić information content (AvgIpc) is 2.51. The van der Waals surface area contributed by atoms with Crippen molar-refractivity contribution in [2.75, 3.05) is 11.9 Å². The van der Waals surface area contributed by atoms with Crippen LogP contribution in [0.2, 0.25) is 5.02 Å². The molecule has 0 atom stereocenters. The number of anilines is 1. The fourth-order valence-corrected chi connectivity index (χ4v) is 1.97. The number of amides is 1. The molecule has 112 valence electrons. The molecule has 1 amide bonds. The summed E-state index contributed by atoms with van der Waals surface area (Å²) >= 11 is 5.93. The zero-order chi connectivity index (χ0) is 15.9. The summed E-state index contributed by atoms with van der Waals surface area (Å²) in [4.78, 5) is 11.8. The number of nitriles is 1. The lowest BCUT2D eigenvalue weighted by Crippen LogP contribution is -2.20. The van der Waals surface area contributed by atoms with Crippen LogP contribution in [0.15, 0.2) is 42.5 Å². The summed E-state index contributed by atoms with van der Waals surface area (Å²) in [6, 6.07) is 14.5. The number of benzene rings is 2. The van der Waals surface area contributed by atoms with Gasteiger partial charge in [-0.15, -0.1) is 0 Å². The average molecular weight is 315 g/mol. The molecule has 1 N–H and O–H groups in total. The lowest BCUT2D eigenvalue weighted by Gasteiger charge is -2.09. The number of ether oxygens (including phenoxy) is 1. The second-order valence-corrected chi connectivity index (χ2v) is 5.19. The Hall–Kier alpha value is -2.51. The highest BCUT2D eigenvalue weighted by molar-refractivity contribution is 6.31. The number of nitrogens with zero attached hydrogens (tertiary/aromatic N) is 1. The molecule has 0 radical (unpaired) electrons. The summed E-state index contributed by atoms with van der Waals surface area (Å²) < 4.78 is 5.42. The number of halogens is 1. The molecular weight excluding hydrogens is 300 g/mol. The van der Waals surface area contributed by atoms with Gasteiger partial charge in [0.2, 0.25) is 0 Å². The molecule has 0 aliphatic carbocycles. The third-order valence-electron chi connectivity index (χ3n) is 3.02. The maximum atomic E-state index is 11.8. The summed E-state index contributed by atoms with van der Waals surface area (Å²) in [5.74, 6) is 0.349. The molecule has 0 saturated carbocycles. The van der Waals surface area contributed by atoms with Gasteiger partial charge in [0.25, 0.3) is 5.91 Å². The summed E-state index contributed by atoms with van der Waals surface area (Å²) in [5, 5.41) is 12.0. The first-order chi connectivity index (χ1) is 10.6. The van der Waals surface area contributed by atoms with E-state index in [0.29, 0.717) is 22.9 Å². The van der Waals surface area contributed by atoms with Gasteiger partial charge in [0.15, 0.2) is 6.61 Å². The Labute approximate surface area is 134 Å². The van der Waals surface area contributed by atoms with Crippen molar-refractivity contribution in [1.29, 1.82) is 5.26 Å². The minimum absolute atomic E-state index is 0.0823. The van der Waals surface area contributed by atoms with E-state index in [4.69, 9.17) is 21.6 Å². The van der Waals surface area contributed by atoms with E-state index in [2.05, 4.69) is 11.4 Å². The maximum Gasteiger partial charge on any atom is 0.262 e. The smallest absolute Gasteiger partial charge is 0.262 e. The quantitative estimate of drug-likeness (QED) is 0.914. The lowest BCUT2D eigenvalue weighted by molar-refractivity contribution is -0.118. The van der Waals surface area contributed by atoms with E-state index in [9.17, 15) is 4.79 Å². The first-order valence-electron chi connectivity index (χ1n) is 6.73. The van der Waals surface area contributed by atoms with E-state index in [-0.39, 0.29) is 12.5 Å². The fraction of sp³-hybridized carbons (Fsp3) is 0.176. The molecule has 22 heavy (non-hydrogen) atoms. The molecule has 0 unspecified atom stereocenters. The van der Waals surface area contributed by atoms with E-state index in [1.54, 1.807) is 30.3 Å². The molecule has 0 aliphatic heterocycles. The Kier molecular flexibility index (Phi) is 5.40. The molecule has 0 aliphatic rings. The highest BCUT2D eigenvalue weighted by Crippen LogP contribution is 2.21. The van der Waals surface area contributed by atoms with Crippen LogP contribution in [-0.4, -0.2) is 12.5 Å². The van der Waals surface area contributed by atoms with Gasteiger partial charge in [-0.1, -0.05) is 23.7 Å². The van der Waals surface area contributed by atoms with Gasteiger partial charge >= 0.3 is 0 Å². The molecule has 2 aromatic rings. The van der Waals surface area contributed by atoms with Crippen LogP contribution in [0.4, 0.5) is 5.69 Å². The van der Waals surface area contributed by atoms with Gasteiger partial charge in [0.1, 0.15) is 5.75 Å². The molecule has 0 fully saturated rings. The standard InChI is InChI=1S/C17H15ClN2O2/c1-12-10-15(6-7-16(12)18)22-11-17(21)20-14-4-2-13(3-5-14)8-9-19/h2-7,10H,8,11H2,1H3,(H,20,21). The SMILES string of the molecule is Cc1cc(OCC(=O)Nc2ccc(CC#N)cc2)ccc1Cl. The zero-order valence-electron chi connectivity index (χ0n) is 12.1. The summed E-state index contributed by atoms with van der Waals surface area (Å²) in [5.41, 5.74) is 2.48. The van der Waals surface area contributed by atoms with Crippen LogP contribution < -0.4 is 10.1 Å². The number of carbonyl (C=O) groups is 1. The first-order valence-corrected chi connectivity index (χ1v) is 7.11. The molecule has 0 aromatic heterocycles. The third-order valence-corrected chi connectivity index (χ3v) is 3.44. The van der Waals surface area contributed by atoms with E-state index in [1.807, 2.05) is 19.1 Å². The van der Waals surface area contributed by atoms with Crippen molar-refractivity contribution in [2.24, 2.45) is 0 Å². The Bertz CT molecular complexity index is 706. The minimum Gasteiger partial charge on any atom is -0.484 e. The first kappa shape index (κ1) is 15.9. The number of aryl methyl sites for hydroxylation is 1. The normalized spacial score (nSPS) is 9.86. The van der Waals surface area contributed by atoms with Crippen molar-refractivity contribution in [3.63, 3.8) is 0 Å². The molecule has 0 heterocycles.